The van der Waals surface area contributed by atoms with Gasteiger partial charge in [-0.05, 0) is 42.5 Å². The first kappa shape index (κ1) is 15.4. The highest BCUT2D eigenvalue weighted by atomic mass is 35.5. The third kappa shape index (κ3) is 3.74. The van der Waals surface area contributed by atoms with Gasteiger partial charge >= 0.3 is 0 Å². The van der Waals surface area contributed by atoms with E-state index in [0.717, 1.165) is 0 Å². The fourth-order valence-corrected chi connectivity index (χ4v) is 2.00. The van der Waals surface area contributed by atoms with E-state index in [1.165, 1.54) is 30.3 Å². The zero-order chi connectivity index (χ0) is 15.4. The Labute approximate surface area is 131 Å². The standard InChI is InChI=1S/C15H11Cl2NO3/c16-8-14(20)18-13-6-3-10(17)7-12(13)15(21)9-1-4-11(19)5-2-9/h1-7,19H,8H2,(H,18,20). The quantitative estimate of drug-likeness (QED) is 0.669. The van der Waals surface area contributed by atoms with Crippen LogP contribution in [-0.4, -0.2) is 22.7 Å². The monoisotopic (exact) mass is 323 g/mol. The summed E-state index contributed by atoms with van der Waals surface area (Å²) in [6.45, 7) is 0. The number of carbonyl (C=O) groups excluding carboxylic acids is 2. The van der Waals surface area contributed by atoms with Gasteiger partial charge in [0.05, 0.1) is 5.69 Å². The van der Waals surface area contributed by atoms with E-state index in [9.17, 15) is 14.7 Å². The summed E-state index contributed by atoms with van der Waals surface area (Å²) in [6.07, 6.45) is 0. The van der Waals surface area contributed by atoms with Crippen molar-refractivity contribution >= 4 is 40.6 Å². The molecule has 0 unspecified atom stereocenters. The lowest BCUT2D eigenvalue weighted by molar-refractivity contribution is -0.113. The number of amides is 1. The Hall–Kier alpha value is -2.04. The molecule has 0 radical (unpaired) electrons. The van der Waals surface area contributed by atoms with Crippen molar-refractivity contribution < 1.29 is 14.7 Å². The minimum Gasteiger partial charge on any atom is -0.508 e. The predicted molar refractivity (Wildman–Crippen MR) is 82.3 cm³/mol. The topological polar surface area (TPSA) is 66.4 Å². The van der Waals surface area contributed by atoms with E-state index < -0.39 is 5.91 Å². The van der Waals surface area contributed by atoms with Crippen molar-refractivity contribution in [3.05, 3.63) is 58.6 Å². The number of rotatable bonds is 4. The molecule has 0 aliphatic heterocycles. The molecule has 2 N–H and O–H groups in total. The van der Waals surface area contributed by atoms with Gasteiger partial charge in [0.1, 0.15) is 11.6 Å². The van der Waals surface area contributed by atoms with E-state index in [4.69, 9.17) is 23.2 Å². The fraction of sp³-hybridized carbons (Fsp3) is 0.0667. The van der Waals surface area contributed by atoms with Crippen LogP contribution in [0.1, 0.15) is 15.9 Å². The average molecular weight is 324 g/mol. The summed E-state index contributed by atoms with van der Waals surface area (Å²) >= 11 is 11.4. The van der Waals surface area contributed by atoms with Crippen LogP contribution >= 0.6 is 23.2 Å². The number of anilines is 1. The van der Waals surface area contributed by atoms with E-state index in [1.54, 1.807) is 12.1 Å². The molecule has 2 rings (SSSR count). The van der Waals surface area contributed by atoms with Gasteiger partial charge in [-0.3, -0.25) is 9.59 Å². The molecule has 0 saturated carbocycles. The van der Waals surface area contributed by atoms with Crippen molar-refractivity contribution in [2.24, 2.45) is 0 Å². The lowest BCUT2D eigenvalue weighted by atomic mass is 10.0. The molecule has 0 spiro atoms. The van der Waals surface area contributed by atoms with Crippen LogP contribution in [-0.2, 0) is 4.79 Å². The largest absolute Gasteiger partial charge is 0.508 e. The van der Waals surface area contributed by atoms with Crippen molar-refractivity contribution in [1.82, 2.24) is 0 Å². The zero-order valence-electron chi connectivity index (χ0n) is 10.8. The van der Waals surface area contributed by atoms with E-state index in [1.807, 2.05) is 0 Å². The first-order chi connectivity index (χ1) is 10.0. The lowest BCUT2D eigenvalue weighted by Gasteiger charge is -2.10. The van der Waals surface area contributed by atoms with Crippen LogP contribution in [0.2, 0.25) is 5.02 Å². The van der Waals surface area contributed by atoms with Crippen LogP contribution in [0.3, 0.4) is 0 Å². The number of carbonyl (C=O) groups is 2. The van der Waals surface area contributed by atoms with Crippen LogP contribution < -0.4 is 5.32 Å². The Morgan fingerprint density at radius 1 is 1.10 bits per heavy atom. The highest BCUT2D eigenvalue weighted by Gasteiger charge is 2.16. The molecule has 0 saturated heterocycles. The maximum atomic E-state index is 12.5. The lowest BCUT2D eigenvalue weighted by Crippen LogP contribution is -2.16. The summed E-state index contributed by atoms with van der Waals surface area (Å²) in [7, 11) is 0. The Morgan fingerprint density at radius 2 is 1.76 bits per heavy atom. The second-order valence-electron chi connectivity index (χ2n) is 4.25. The number of hydrogen-bond acceptors (Lipinski definition) is 3. The molecule has 0 aromatic heterocycles. The maximum absolute atomic E-state index is 12.5. The number of halogens is 2. The summed E-state index contributed by atoms with van der Waals surface area (Å²) in [5, 5.41) is 12.2. The van der Waals surface area contributed by atoms with E-state index >= 15 is 0 Å². The van der Waals surface area contributed by atoms with Crippen LogP contribution in [0.15, 0.2) is 42.5 Å². The first-order valence-corrected chi connectivity index (χ1v) is 6.91. The summed E-state index contributed by atoms with van der Waals surface area (Å²) in [5.41, 5.74) is 0.964. The van der Waals surface area contributed by atoms with Crippen molar-refractivity contribution in [2.45, 2.75) is 0 Å². The Balaban J connectivity index is 2.41. The molecule has 0 fully saturated rings. The fourth-order valence-electron chi connectivity index (χ4n) is 1.77. The smallest absolute Gasteiger partial charge is 0.239 e. The van der Waals surface area contributed by atoms with Gasteiger partial charge in [-0.1, -0.05) is 11.6 Å². The number of nitrogens with one attached hydrogen (secondary N) is 1. The SMILES string of the molecule is O=C(CCl)Nc1ccc(Cl)cc1C(=O)c1ccc(O)cc1. The minimum absolute atomic E-state index is 0.0633. The van der Waals surface area contributed by atoms with Gasteiger partial charge in [0.15, 0.2) is 5.78 Å². The number of benzene rings is 2. The van der Waals surface area contributed by atoms with Crippen LogP contribution in [0.25, 0.3) is 0 Å². The molecule has 0 heterocycles. The summed E-state index contributed by atoms with van der Waals surface area (Å²) in [5.74, 6) is -0.885. The predicted octanol–water partition coefficient (Wildman–Crippen LogP) is 3.45. The average Bonchev–Trinajstić information content (AvgIpc) is 2.49. The normalized spacial score (nSPS) is 10.2. The van der Waals surface area contributed by atoms with E-state index in [-0.39, 0.29) is 23.0 Å². The summed E-state index contributed by atoms with van der Waals surface area (Å²) < 4.78 is 0. The molecule has 0 aliphatic carbocycles. The van der Waals surface area contributed by atoms with Crippen molar-refractivity contribution in [3.63, 3.8) is 0 Å². The molecule has 0 atom stereocenters. The molecule has 4 nitrogen and oxygen atoms in total. The number of aromatic hydroxyl groups is 1. The van der Waals surface area contributed by atoms with Gasteiger partial charge < -0.3 is 10.4 Å². The van der Waals surface area contributed by atoms with Gasteiger partial charge in [-0.2, -0.15) is 0 Å². The molecular formula is C15H11Cl2NO3. The van der Waals surface area contributed by atoms with Gasteiger partial charge in [0.2, 0.25) is 5.91 Å². The Kier molecular flexibility index (Phi) is 4.83. The van der Waals surface area contributed by atoms with Crippen molar-refractivity contribution in [1.29, 1.82) is 0 Å². The Bertz CT molecular complexity index is 684. The second-order valence-corrected chi connectivity index (χ2v) is 4.95. The minimum atomic E-state index is -0.418. The molecule has 0 bridgehead atoms. The maximum Gasteiger partial charge on any atom is 0.239 e. The van der Waals surface area contributed by atoms with Gasteiger partial charge in [-0.15, -0.1) is 11.6 Å². The van der Waals surface area contributed by atoms with Gasteiger partial charge in [0.25, 0.3) is 0 Å². The first-order valence-electron chi connectivity index (χ1n) is 6.00. The second kappa shape index (κ2) is 6.61. The van der Waals surface area contributed by atoms with Gasteiger partial charge in [0, 0.05) is 16.1 Å². The van der Waals surface area contributed by atoms with Crippen molar-refractivity contribution in [3.8, 4) is 5.75 Å². The molecule has 1 amide bonds. The highest BCUT2D eigenvalue weighted by molar-refractivity contribution is 6.32. The van der Waals surface area contributed by atoms with Crippen LogP contribution in [0.5, 0.6) is 5.75 Å². The summed E-state index contributed by atoms with van der Waals surface area (Å²) in [6, 6.07) is 10.4. The number of ketones is 1. The number of phenolic OH excluding ortho intramolecular Hbond substituents is 1. The number of phenols is 1. The van der Waals surface area contributed by atoms with Crippen molar-refractivity contribution in [2.75, 3.05) is 11.2 Å². The summed E-state index contributed by atoms with van der Waals surface area (Å²) in [4.78, 5) is 23.9. The van der Waals surface area contributed by atoms with Crippen LogP contribution in [0, 0.1) is 0 Å². The Morgan fingerprint density at radius 3 is 2.38 bits per heavy atom. The highest BCUT2D eigenvalue weighted by Crippen LogP contribution is 2.24. The molecule has 2 aromatic carbocycles. The van der Waals surface area contributed by atoms with Gasteiger partial charge in [-0.25, -0.2) is 0 Å². The number of alkyl halides is 1. The molecule has 108 valence electrons. The van der Waals surface area contributed by atoms with Crippen LogP contribution in [0.4, 0.5) is 5.69 Å². The molecule has 0 aliphatic rings. The zero-order valence-corrected chi connectivity index (χ0v) is 12.3. The van der Waals surface area contributed by atoms with E-state index in [2.05, 4.69) is 5.32 Å². The number of hydrogen-bond donors (Lipinski definition) is 2. The third-order valence-electron chi connectivity index (χ3n) is 2.75. The third-order valence-corrected chi connectivity index (χ3v) is 3.23. The molecule has 21 heavy (non-hydrogen) atoms. The molecular weight excluding hydrogens is 313 g/mol. The molecule has 2 aromatic rings. The molecule has 6 heteroatoms. The van der Waals surface area contributed by atoms with E-state index in [0.29, 0.717) is 16.3 Å².